The molecule has 0 bridgehead atoms. The molecule has 0 aromatic heterocycles. The van der Waals surface area contributed by atoms with Crippen molar-refractivity contribution in [3.63, 3.8) is 0 Å². The third-order valence-electron chi connectivity index (χ3n) is 4.58. The third-order valence-corrected chi connectivity index (χ3v) is 6.50. The van der Waals surface area contributed by atoms with E-state index in [9.17, 15) is 27.3 Å². The van der Waals surface area contributed by atoms with Gasteiger partial charge in [0.25, 0.3) is 5.69 Å². The molecule has 2 aromatic carbocycles. The number of non-ortho nitro benzene ring substituents is 1. The van der Waals surface area contributed by atoms with E-state index in [1.54, 1.807) is 0 Å². The van der Waals surface area contributed by atoms with Crippen LogP contribution in [0.3, 0.4) is 0 Å². The van der Waals surface area contributed by atoms with E-state index >= 15 is 0 Å². The predicted molar refractivity (Wildman–Crippen MR) is 101 cm³/mol. The lowest BCUT2D eigenvalue weighted by atomic mass is 10.2. The first kappa shape index (κ1) is 21.1. The molecule has 0 N–H and O–H groups in total. The van der Waals surface area contributed by atoms with Gasteiger partial charge in [-0.1, -0.05) is 6.07 Å². The Morgan fingerprint density at radius 2 is 1.86 bits per heavy atom. The number of hydrogen-bond donors (Lipinski definition) is 0. The van der Waals surface area contributed by atoms with Crippen LogP contribution in [-0.2, 0) is 21.3 Å². The van der Waals surface area contributed by atoms with Crippen molar-refractivity contribution in [2.45, 2.75) is 11.4 Å². The largest absolute Gasteiger partial charge is 0.379 e. The predicted octanol–water partition coefficient (Wildman–Crippen LogP) is 2.53. The van der Waals surface area contributed by atoms with Gasteiger partial charge < -0.3 is 9.64 Å². The minimum Gasteiger partial charge on any atom is -0.379 e. The van der Waals surface area contributed by atoms with Crippen molar-refractivity contribution >= 4 is 21.4 Å². The van der Waals surface area contributed by atoms with Crippen LogP contribution in [0, 0.1) is 21.7 Å². The summed E-state index contributed by atoms with van der Waals surface area (Å²) in [5.74, 6) is -1.49. The summed E-state index contributed by atoms with van der Waals surface area (Å²) in [6.45, 7) is 0.636. The first-order chi connectivity index (χ1) is 13.7. The average molecular weight is 427 g/mol. The van der Waals surface area contributed by atoms with Crippen LogP contribution in [0.4, 0.5) is 20.2 Å². The fraction of sp³-hybridized carbons (Fsp3) is 0.333. The second-order valence-corrected chi connectivity index (χ2v) is 8.42. The maximum absolute atomic E-state index is 14.0. The molecule has 8 nitrogen and oxygen atoms in total. The van der Waals surface area contributed by atoms with Crippen LogP contribution in [0.1, 0.15) is 5.56 Å². The normalized spacial score (nSPS) is 15.3. The second-order valence-electron chi connectivity index (χ2n) is 6.52. The van der Waals surface area contributed by atoms with Crippen molar-refractivity contribution in [1.82, 2.24) is 4.31 Å². The van der Waals surface area contributed by atoms with Crippen molar-refractivity contribution in [2.75, 3.05) is 38.3 Å². The lowest BCUT2D eigenvalue weighted by Gasteiger charge is -2.29. The molecule has 1 saturated heterocycles. The Labute approximate surface area is 166 Å². The summed E-state index contributed by atoms with van der Waals surface area (Å²) >= 11 is 0. The maximum atomic E-state index is 14.0. The van der Waals surface area contributed by atoms with Gasteiger partial charge in [0.1, 0.15) is 16.5 Å². The molecule has 0 unspecified atom stereocenters. The van der Waals surface area contributed by atoms with E-state index in [-0.39, 0.29) is 54.7 Å². The van der Waals surface area contributed by atoms with Crippen LogP contribution in [0.5, 0.6) is 0 Å². The van der Waals surface area contributed by atoms with Crippen LogP contribution >= 0.6 is 0 Å². The van der Waals surface area contributed by atoms with Crippen LogP contribution in [0.2, 0.25) is 0 Å². The average Bonchev–Trinajstić information content (AvgIpc) is 2.70. The highest BCUT2D eigenvalue weighted by Gasteiger charge is 2.31. The first-order valence-electron chi connectivity index (χ1n) is 8.71. The van der Waals surface area contributed by atoms with Crippen molar-refractivity contribution in [3.8, 4) is 0 Å². The number of nitro groups is 1. The highest BCUT2D eigenvalue weighted by Crippen LogP contribution is 2.32. The van der Waals surface area contributed by atoms with E-state index in [2.05, 4.69) is 0 Å². The fourth-order valence-electron chi connectivity index (χ4n) is 3.05. The van der Waals surface area contributed by atoms with E-state index in [0.717, 1.165) is 18.2 Å². The van der Waals surface area contributed by atoms with Crippen LogP contribution < -0.4 is 4.90 Å². The molecular formula is C18H19F2N3O5S. The highest BCUT2D eigenvalue weighted by molar-refractivity contribution is 7.89. The Bertz CT molecular complexity index is 1030. The molecule has 0 atom stereocenters. The van der Waals surface area contributed by atoms with Crippen molar-refractivity contribution in [1.29, 1.82) is 0 Å². The standard InChI is InChI=1S/C18H19F2N3O5S/c1-21(12-13-2-3-14(19)10-16(13)20)17-5-4-15(23(24)25)11-18(17)29(26,27)22-6-8-28-9-7-22/h2-5,10-11H,6-9,12H2,1H3. The molecule has 1 fully saturated rings. The zero-order valence-electron chi connectivity index (χ0n) is 15.5. The quantitative estimate of drug-likeness (QED) is 0.520. The summed E-state index contributed by atoms with van der Waals surface area (Å²) in [6.07, 6.45) is 0. The maximum Gasteiger partial charge on any atom is 0.270 e. The summed E-state index contributed by atoms with van der Waals surface area (Å²) in [5.41, 5.74) is -0.0465. The van der Waals surface area contributed by atoms with E-state index < -0.39 is 26.6 Å². The number of nitrogens with zero attached hydrogens (tertiary/aromatic N) is 3. The van der Waals surface area contributed by atoms with Gasteiger partial charge in [-0.05, 0) is 12.1 Å². The molecule has 0 saturated carbocycles. The van der Waals surface area contributed by atoms with E-state index in [1.165, 1.54) is 34.5 Å². The molecule has 11 heteroatoms. The van der Waals surface area contributed by atoms with Gasteiger partial charge in [0.2, 0.25) is 10.0 Å². The number of rotatable bonds is 6. The third kappa shape index (κ3) is 4.52. The van der Waals surface area contributed by atoms with Gasteiger partial charge in [-0.15, -0.1) is 0 Å². The Kier molecular flexibility index (Phi) is 6.10. The number of sulfonamides is 1. The highest BCUT2D eigenvalue weighted by atomic mass is 32.2. The summed E-state index contributed by atoms with van der Waals surface area (Å²) in [4.78, 5) is 11.7. The Morgan fingerprint density at radius 3 is 2.48 bits per heavy atom. The molecule has 0 spiro atoms. The number of anilines is 1. The van der Waals surface area contributed by atoms with Gasteiger partial charge in [0.05, 0.1) is 23.8 Å². The number of hydrogen-bond acceptors (Lipinski definition) is 6. The SMILES string of the molecule is CN(Cc1ccc(F)cc1F)c1ccc([N+](=O)[O-])cc1S(=O)(=O)N1CCOCC1. The van der Waals surface area contributed by atoms with Gasteiger partial charge >= 0.3 is 0 Å². The zero-order chi connectivity index (χ0) is 21.2. The molecule has 0 aliphatic carbocycles. The summed E-state index contributed by atoms with van der Waals surface area (Å²) in [6, 6.07) is 6.61. The van der Waals surface area contributed by atoms with Gasteiger partial charge in [-0.3, -0.25) is 10.1 Å². The summed E-state index contributed by atoms with van der Waals surface area (Å²) < 4.78 is 59.8. The summed E-state index contributed by atoms with van der Waals surface area (Å²) in [7, 11) is -2.52. The molecule has 2 aromatic rings. The van der Waals surface area contributed by atoms with Crippen molar-refractivity contribution in [3.05, 3.63) is 63.7 Å². The fourth-order valence-corrected chi connectivity index (χ4v) is 4.72. The van der Waals surface area contributed by atoms with Gasteiger partial charge in [-0.25, -0.2) is 17.2 Å². The van der Waals surface area contributed by atoms with E-state index in [0.29, 0.717) is 0 Å². The van der Waals surface area contributed by atoms with E-state index in [4.69, 9.17) is 4.74 Å². The molecule has 1 aliphatic rings. The molecule has 1 heterocycles. The zero-order valence-corrected chi connectivity index (χ0v) is 16.4. The molecular weight excluding hydrogens is 408 g/mol. The molecule has 0 amide bonds. The van der Waals surface area contributed by atoms with Gasteiger partial charge in [0, 0.05) is 50.4 Å². The second kappa shape index (κ2) is 8.39. The number of ether oxygens (including phenoxy) is 1. The van der Waals surface area contributed by atoms with Gasteiger partial charge in [0.15, 0.2) is 0 Å². The summed E-state index contributed by atoms with van der Waals surface area (Å²) in [5, 5.41) is 11.2. The monoisotopic (exact) mass is 427 g/mol. The lowest BCUT2D eigenvalue weighted by Crippen LogP contribution is -2.41. The van der Waals surface area contributed by atoms with Crippen LogP contribution in [-0.4, -0.2) is 51.0 Å². The lowest BCUT2D eigenvalue weighted by molar-refractivity contribution is -0.385. The van der Waals surface area contributed by atoms with Crippen LogP contribution in [0.15, 0.2) is 41.3 Å². The Balaban J connectivity index is 2.02. The number of benzene rings is 2. The molecule has 0 radical (unpaired) electrons. The molecule has 3 rings (SSSR count). The van der Waals surface area contributed by atoms with E-state index in [1.807, 2.05) is 0 Å². The minimum atomic E-state index is -4.05. The van der Waals surface area contributed by atoms with Gasteiger partial charge in [-0.2, -0.15) is 4.31 Å². The Hall–Kier alpha value is -2.63. The first-order valence-corrected chi connectivity index (χ1v) is 10.2. The number of nitro benzene ring substituents is 1. The molecule has 29 heavy (non-hydrogen) atoms. The number of morpholine rings is 1. The van der Waals surface area contributed by atoms with Crippen molar-refractivity contribution in [2.24, 2.45) is 0 Å². The molecule has 156 valence electrons. The van der Waals surface area contributed by atoms with Crippen LogP contribution in [0.25, 0.3) is 0 Å². The topological polar surface area (TPSA) is 93.0 Å². The Morgan fingerprint density at radius 1 is 1.17 bits per heavy atom. The minimum absolute atomic E-state index is 0.0600. The molecule has 1 aliphatic heterocycles. The number of halogens is 2. The smallest absolute Gasteiger partial charge is 0.270 e. The van der Waals surface area contributed by atoms with Crippen molar-refractivity contribution < 1.29 is 26.9 Å².